The standard InChI is InChI=1S/C12H7FN2O2/c13-10-6-8(12(16)17)3-4-11(10)15-5-1-2-9(15)7-14/h1-6H,(H,16,17). The molecule has 0 spiro atoms. The Morgan fingerprint density at radius 1 is 1.41 bits per heavy atom. The van der Waals surface area contributed by atoms with Crippen LogP contribution in [-0.2, 0) is 0 Å². The molecule has 0 aliphatic heterocycles. The first-order valence-electron chi connectivity index (χ1n) is 4.74. The first kappa shape index (κ1) is 10.9. The van der Waals surface area contributed by atoms with Crippen LogP contribution in [0.4, 0.5) is 4.39 Å². The van der Waals surface area contributed by atoms with Gasteiger partial charge in [-0.1, -0.05) is 0 Å². The Kier molecular flexibility index (Phi) is 2.63. The molecule has 2 aromatic rings. The monoisotopic (exact) mass is 230 g/mol. The van der Waals surface area contributed by atoms with E-state index in [1.807, 2.05) is 6.07 Å². The lowest BCUT2D eigenvalue weighted by Crippen LogP contribution is -2.02. The Morgan fingerprint density at radius 2 is 2.18 bits per heavy atom. The van der Waals surface area contributed by atoms with E-state index in [0.717, 1.165) is 6.07 Å². The van der Waals surface area contributed by atoms with Crippen molar-refractivity contribution in [3.05, 3.63) is 53.6 Å². The lowest BCUT2D eigenvalue weighted by molar-refractivity contribution is 0.0696. The van der Waals surface area contributed by atoms with Gasteiger partial charge in [0.05, 0.1) is 11.3 Å². The van der Waals surface area contributed by atoms with Crippen molar-refractivity contribution in [2.24, 2.45) is 0 Å². The number of aromatic carboxylic acids is 1. The minimum absolute atomic E-state index is 0.128. The van der Waals surface area contributed by atoms with Crippen LogP contribution in [-0.4, -0.2) is 15.6 Å². The van der Waals surface area contributed by atoms with Crippen molar-refractivity contribution in [3.8, 4) is 11.8 Å². The molecular weight excluding hydrogens is 223 g/mol. The molecule has 1 heterocycles. The first-order chi connectivity index (χ1) is 8.13. The molecule has 0 atom stereocenters. The molecule has 0 amide bonds. The molecule has 1 aromatic heterocycles. The van der Waals surface area contributed by atoms with E-state index in [0.29, 0.717) is 0 Å². The fourth-order valence-electron chi connectivity index (χ4n) is 1.52. The Morgan fingerprint density at radius 3 is 2.76 bits per heavy atom. The second-order valence-corrected chi connectivity index (χ2v) is 3.35. The molecule has 5 heteroatoms. The molecule has 2 rings (SSSR count). The Hall–Kier alpha value is -2.61. The van der Waals surface area contributed by atoms with Crippen LogP contribution in [0.25, 0.3) is 5.69 Å². The topological polar surface area (TPSA) is 66.0 Å². The molecule has 0 saturated heterocycles. The summed E-state index contributed by atoms with van der Waals surface area (Å²) in [6, 6.07) is 8.63. The molecule has 1 N–H and O–H groups in total. The summed E-state index contributed by atoms with van der Waals surface area (Å²) >= 11 is 0. The van der Waals surface area contributed by atoms with Crippen molar-refractivity contribution < 1.29 is 14.3 Å². The quantitative estimate of drug-likeness (QED) is 0.859. The van der Waals surface area contributed by atoms with Crippen molar-refractivity contribution in [3.63, 3.8) is 0 Å². The molecular formula is C12H7FN2O2. The fraction of sp³-hybridized carbons (Fsp3) is 0. The maximum absolute atomic E-state index is 13.7. The van der Waals surface area contributed by atoms with E-state index >= 15 is 0 Å². The van der Waals surface area contributed by atoms with Gasteiger partial charge >= 0.3 is 5.97 Å². The van der Waals surface area contributed by atoms with Crippen LogP contribution >= 0.6 is 0 Å². The molecule has 0 aliphatic rings. The summed E-state index contributed by atoms with van der Waals surface area (Å²) in [4.78, 5) is 10.6. The number of rotatable bonds is 2. The minimum atomic E-state index is -1.19. The lowest BCUT2D eigenvalue weighted by atomic mass is 10.2. The number of hydrogen-bond donors (Lipinski definition) is 1. The lowest BCUT2D eigenvalue weighted by Gasteiger charge is -2.06. The number of aromatic nitrogens is 1. The number of carbonyl (C=O) groups is 1. The normalized spacial score (nSPS) is 9.88. The third-order valence-electron chi connectivity index (χ3n) is 2.32. The number of carboxylic acids is 1. The first-order valence-corrected chi connectivity index (χ1v) is 4.74. The maximum atomic E-state index is 13.7. The number of benzene rings is 1. The van der Waals surface area contributed by atoms with E-state index in [1.165, 1.54) is 22.9 Å². The second-order valence-electron chi connectivity index (χ2n) is 3.35. The summed E-state index contributed by atoms with van der Waals surface area (Å²) in [5.41, 5.74) is 0.306. The molecule has 0 saturated carbocycles. The zero-order valence-electron chi connectivity index (χ0n) is 8.59. The average Bonchev–Trinajstić information content (AvgIpc) is 2.76. The highest BCUT2D eigenvalue weighted by atomic mass is 19.1. The SMILES string of the molecule is N#Cc1cccn1-c1ccc(C(=O)O)cc1F. The van der Waals surface area contributed by atoms with Gasteiger partial charge in [-0.25, -0.2) is 9.18 Å². The number of halogens is 1. The summed E-state index contributed by atoms with van der Waals surface area (Å²) in [6.07, 6.45) is 1.54. The third kappa shape index (κ3) is 1.88. The zero-order chi connectivity index (χ0) is 12.4. The van der Waals surface area contributed by atoms with Crippen LogP contribution in [0.2, 0.25) is 0 Å². The number of carboxylic acid groups (broad SMARTS) is 1. The van der Waals surface area contributed by atoms with E-state index in [-0.39, 0.29) is 16.9 Å². The Labute approximate surface area is 96.2 Å². The summed E-state index contributed by atoms with van der Waals surface area (Å²) < 4.78 is 15.1. The smallest absolute Gasteiger partial charge is 0.335 e. The molecule has 0 radical (unpaired) electrons. The van der Waals surface area contributed by atoms with Crippen molar-refractivity contribution >= 4 is 5.97 Å². The molecule has 0 aliphatic carbocycles. The van der Waals surface area contributed by atoms with Crippen LogP contribution in [0.1, 0.15) is 16.1 Å². The van der Waals surface area contributed by atoms with Crippen LogP contribution in [0.15, 0.2) is 36.5 Å². The van der Waals surface area contributed by atoms with Crippen LogP contribution in [0.3, 0.4) is 0 Å². The molecule has 17 heavy (non-hydrogen) atoms. The highest BCUT2D eigenvalue weighted by Crippen LogP contribution is 2.17. The van der Waals surface area contributed by atoms with Gasteiger partial charge in [0.25, 0.3) is 0 Å². The molecule has 0 fully saturated rings. The van der Waals surface area contributed by atoms with Crippen molar-refractivity contribution in [2.45, 2.75) is 0 Å². The molecule has 0 bridgehead atoms. The number of nitriles is 1. The summed E-state index contributed by atoms with van der Waals surface area (Å²) in [5, 5.41) is 17.5. The van der Waals surface area contributed by atoms with Crippen molar-refractivity contribution in [1.29, 1.82) is 5.26 Å². The average molecular weight is 230 g/mol. The van der Waals surface area contributed by atoms with Crippen molar-refractivity contribution in [2.75, 3.05) is 0 Å². The van der Waals surface area contributed by atoms with Crippen molar-refractivity contribution in [1.82, 2.24) is 4.57 Å². The molecule has 84 valence electrons. The Bertz CT molecular complexity index is 626. The van der Waals surface area contributed by atoms with Gasteiger partial charge in [-0.2, -0.15) is 5.26 Å². The van der Waals surface area contributed by atoms with Gasteiger partial charge in [-0.05, 0) is 30.3 Å². The number of nitrogens with zero attached hydrogens (tertiary/aromatic N) is 2. The summed E-state index contributed by atoms with van der Waals surface area (Å²) in [5.74, 6) is -1.87. The minimum Gasteiger partial charge on any atom is -0.478 e. The van der Waals surface area contributed by atoms with Gasteiger partial charge in [0.1, 0.15) is 17.6 Å². The molecule has 0 unspecified atom stereocenters. The van der Waals surface area contributed by atoms with Crippen LogP contribution in [0, 0.1) is 17.1 Å². The van der Waals surface area contributed by atoms with Gasteiger partial charge in [0, 0.05) is 6.20 Å². The largest absolute Gasteiger partial charge is 0.478 e. The highest BCUT2D eigenvalue weighted by Gasteiger charge is 2.11. The van der Waals surface area contributed by atoms with E-state index < -0.39 is 11.8 Å². The van der Waals surface area contributed by atoms with E-state index in [2.05, 4.69) is 0 Å². The van der Waals surface area contributed by atoms with Crippen LogP contribution < -0.4 is 0 Å². The van der Waals surface area contributed by atoms with E-state index in [4.69, 9.17) is 10.4 Å². The molecule has 4 nitrogen and oxygen atoms in total. The summed E-state index contributed by atoms with van der Waals surface area (Å²) in [7, 11) is 0. The second kappa shape index (κ2) is 4.10. The van der Waals surface area contributed by atoms with Gasteiger partial charge < -0.3 is 9.67 Å². The summed E-state index contributed by atoms with van der Waals surface area (Å²) in [6.45, 7) is 0. The third-order valence-corrected chi connectivity index (χ3v) is 2.32. The predicted molar refractivity (Wildman–Crippen MR) is 57.4 cm³/mol. The maximum Gasteiger partial charge on any atom is 0.335 e. The van der Waals surface area contributed by atoms with Crippen LogP contribution in [0.5, 0.6) is 0 Å². The molecule has 1 aromatic carbocycles. The Balaban J connectivity index is 2.55. The van der Waals surface area contributed by atoms with Gasteiger partial charge in [0.15, 0.2) is 0 Å². The predicted octanol–water partition coefficient (Wildman–Crippen LogP) is 2.19. The van der Waals surface area contributed by atoms with E-state index in [1.54, 1.807) is 12.1 Å². The number of hydrogen-bond acceptors (Lipinski definition) is 2. The highest BCUT2D eigenvalue weighted by molar-refractivity contribution is 5.87. The van der Waals surface area contributed by atoms with E-state index in [9.17, 15) is 9.18 Å². The fourth-order valence-corrected chi connectivity index (χ4v) is 1.52. The van der Waals surface area contributed by atoms with Gasteiger partial charge in [-0.15, -0.1) is 0 Å². The zero-order valence-corrected chi connectivity index (χ0v) is 8.59. The van der Waals surface area contributed by atoms with Gasteiger partial charge in [0.2, 0.25) is 0 Å². The van der Waals surface area contributed by atoms with Gasteiger partial charge in [-0.3, -0.25) is 0 Å².